The number of hydrogen-bond acceptors (Lipinski definition) is 1. The van der Waals surface area contributed by atoms with Crippen molar-refractivity contribution in [2.24, 2.45) is 0 Å². The molecule has 0 spiro atoms. The van der Waals surface area contributed by atoms with E-state index < -0.39 is 0 Å². The van der Waals surface area contributed by atoms with Crippen molar-refractivity contribution >= 4 is 12.4 Å². The van der Waals surface area contributed by atoms with Crippen molar-refractivity contribution in [1.82, 2.24) is 0 Å². The van der Waals surface area contributed by atoms with E-state index in [2.05, 4.69) is 13.5 Å². The summed E-state index contributed by atoms with van der Waals surface area (Å²) in [6, 6.07) is 0. The van der Waals surface area contributed by atoms with Gasteiger partial charge in [0.25, 0.3) is 0 Å². The Balaban J connectivity index is 0. The monoisotopic (exact) mass is 248 g/mol. The minimum Gasteiger partial charge on any atom is -0.502 e. The standard InChI is InChI=1S/C14H28O.ClH/c1-3-5-6-7-8-9-10-11-12-13-14-15-4-2;/h4H,2-3,5-14H2,1H3;1H. The second-order valence-corrected chi connectivity index (χ2v) is 4.22. The zero-order valence-electron chi connectivity index (χ0n) is 10.9. The molecule has 0 atom stereocenters. The van der Waals surface area contributed by atoms with Crippen LogP contribution in [0.2, 0.25) is 0 Å². The summed E-state index contributed by atoms with van der Waals surface area (Å²) in [7, 11) is 0. The average Bonchev–Trinajstić information content (AvgIpc) is 2.26. The van der Waals surface area contributed by atoms with Gasteiger partial charge in [-0.25, -0.2) is 0 Å². The van der Waals surface area contributed by atoms with E-state index in [0.717, 1.165) is 6.61 Å². The Bertz CT molecular complexity index is 126. The van der Waals surface area contributed by atoms with Gasteiger partial charge in [-0.15, -0.1) is 12.4 Å². The Hall–Kier alpha value is -0.170. The van der Waals surface area contributed by atoms with Gasteiger partial charge < -0.3 is 4.74 Å². The first-order chi connectivity index (χ1) is 7.41. The molecule has 0 saturated carbocycles. The van der Waals surface area contributed by atoms with Crippen LogP contribution in [0.15, 0.2) is 12.8 Å². The molecule has 0 aliphatic heterocycles. The molecule has 0 aliphatic rings. The molecule has 2 heteroatoms. The van der Waals surface area contributed by atoms with E-state index in [-0.39, 0.29) is 12.4 Å². The number of ether oxygens (including phenoxy) is 1. The van der Waals surface area contributed by atoms with Crippen molar-refractivity contribution in [3.05, 3.63) is 12.8 Å². The molecule has 0 saturated heterocycles. The lowest BCUT2D eigenvalue weighted by atomic mass is 10.1. The zero-order chi connectivity index (χ0) is 11.2. The summed E-state index contributed by atoms with van der Waals surface area (Å²) in [5, 5.41) is 0. The maximum atomic E-state index is 5.07. The fourth-order valence-corrected chi connectivity index (χ4v) is 1.76. The van der Waals surface area contributed by atoms with Crippen LogP contribution in [0.4, 0.5) is 0 Å². The summed E-state index contributed by atoms with van der Waals surface area (Å²) in [5.74, 6) is 0. The normalized spacial score (nSPS) is 9.56. The lowest BCUT2D eigenvalue weighted by Crippen LogP contribution is -1.87. The van der Waals surface area contributed by atoms with Crippen molar-refractivity contribution in [2.45, 2.75) is 71.1 Å². The third-order valence-corrected chi connectivity index (χ3v) is 2.73. The van der Waals surface area contributed by atoms with E-state index in [0.29, 0.717) is 0 Å². The minimum absolute atomic E-state index is 0. The molecule has 0 fully saturated rings. The smallest absolute Gasteiger partial charge is 0.0873 e. The largest absolute Gasteiger partial charge is 0.502 e. The van der Waals surface area contributed by atoms with E-state index in [4.69, 9.17) is 4.74 Å². The molecule has 16 heavy (non-hydrogen) atoms. The summed E-state index contributed by atoms with van der Waals surface area (Å²) in [4.78, 5) is 0. The van der Waals surface area contributed by atoms with Crippen LogP contribution in [0.3, 0.4) is 0 Å². The summed E-state index contributed by atoms with van der Waals surface area (Å²) < 4.78 is 5.07. The fourth-order valence-electron chi connectivity index (χ4n) is 1.76. The summed E-state index contributed by atoms with van der Waals surface area (Å²) >= 11 is 0. The lowest BCUT2D eigenvalue weighted by molar-refractivity contribution is 0.241. The van der Waals surface area contributed by atoms with Gasteiger partial charge in [0.1, 0.15) is 0 Å². The minimum atomic E-state index is 0. The van der Waals surface area contributed by atoms with E-state index in [1.54, 1.807) is 0 Å². The van der Waals surface area contributed by atoms with Crippen molar-refractivity contribution in [3.63, 3.8) is 0 Å². The number of unbranched alkanes of at least 4 members (excludes halogenated alkanes) is 9. The predicted molar refractivity (Wildman–Crippen MR) is 75.2 cm³/mol. The second kappa shape index (κ2) is 17.2. The van der Waals surface area contributed by atoms with Gasteiger partial charge in [0.2, 0.25) is 0 Å². The third kappa shape index (κ3) is 16.3. The molecule has 0 amide bonds. The SMILES string of the molecule is C=COCCCCCCCCCCCC.Cl. The molecular weight excluding hydrogens is 220 g/mol. The molecule has 0 aliphatic carbocycles. The van der Waals surface area contributed by atoms with Crippen LogP contribution in [-0.4, -0.2) is 6.61 Å². The molecule has 1 nitrogen and oxygen atoms in total. The highest BCUT2D eigenvalue weighted by Crippen LogP contribution is 2.10. The highest BCUT2D eigenvalue weighted by Gasteiger charge is 1.92. The Labute approximate surface area is 108 Å². The van der Waals surface area contributed by atoms with Crippen molar-refractivity contribution < 1.29 is 4.74 Å². The molecule has 0 unspecified atom stereocenters. The van der Waals surface area contributed by atoms with Gasteiger partial charge in [-0.2, -0.15) is 0 Å². The molecule has 98 valence electrons. The Morgan fingerprint density at radius 3 is 1.69 bits per heavy atom. The number of rotatable bonds is 12. The topological polar surface area (TPSA) is 9.23 Å². The fraction of sp³-hybridized carbons (Fsp3) is 0.857. The molecular formula is C14H29ClO. The van der Waals surface area contributed by atoms with Gasteiger partial charge in [0.15, 0.2) is 0 Å². The average molecular weight is 249 g/mol. The first-order valence-corrected chi connectivity index (χ1v) is 6.64. The van der Waals surface area contributed by atoms with Crippen molar-refractivity contribution in [3.8, 4) is 0 Å². The third-order valence-electron chi connectivity index (χ3n) is 2.73. The van der Waals surface area contributed by atoms with Gasteiger partial charge in [0.05, 0.1) is 12.9 Å². The van der Waals surface area contributed by atoms with Crippen LogP contribution in [-0.2, 0) is 4.74 Å². The Kier molecular flexibility index (Phi) is 19.6. The van der Waals surface area contributed by atoms with E-state index in [9.17, 15) is 0 Å². The highest BCUT2D eigenvalue weighted by molar-refractivity contribution is 5.85. The van der Waals surface area contributed by atoms with Gasteiger partial charge in [-0.3, -0.25) is 0 Å². The summed E-state index contributed by atoms with van der Waals surface area (Å²) in [6.07, 6.45) is 15.3. The van der Waals surface area contributed by atoms with E-state index >= 15 is 0 Å². The van der Waals surface area contributed by atoms with Crippen LogP contribution in [0.5, 0.6) is 0 Å². The number of hydrogen-bond donors (Lipinski definition) is 0. The maximum absolute atomic E-state index is 5.07. The second-order valence-electron chi connectivity index (χ2n) is 4.22. The Morgan fingerprint density at radius 1 is 0.812 bits per heavy atom. The van der Waals surface area contributed by atoms with Crippen LogP contribution in [0.25, 0.3) is 0 Å². The van der Waals surface area contributed by atoms with Crippen LogP contribution in [0, 0.1) is 0 Å². The lowest BCUT2D eigenvalue weighted by Gasteiger charge is -2.02. The number of halogens is 1. The van der Waals surface area contributed by atoms with Gasteiger partial charge >= 0.3 is 0 Å². The van der Waals surface area contributed by atoms with Crippen molar-refractivity contribution in [1.29, 1.82) is 0 Å². The van der Waals surface area contributed by atoms with Crippen LogP contribution in [0.1, 0.15) is 71.1 Å². The Morgan fingerprint density at radius 2 is 1.25 bits per heavy atom. The predicted octanol–water partition coefficient (Wildman–Crippen LogP) is 5.49. The molecule has 0 aromatic rings. The zero-order valence-corrected chi connectivity index (χ0v) is 11.7. The van der Waals surface area contributed by atoms with Crippen LogP contribution < -0.4 is 0 Å². The molecule has 0 N–H and O–H groups in total. The molecule has 0 aromatic heterocycles. The molecule has 0 bridgehead atoms. The first-order valence-electron chi connectivity index (χ1n) is 6.64. The van der Waals surface area contributed by atoms with E-state index in [1.165, 1.54) is 70.5 Å². The van der Waals surface area contributed by atoms with E-state index in [1.807, 2.05) is 0 Å². The van der Waals surface area contributed by atoms with Gasteiger partial charge in [0, 0.05) is 0 Å². The molecule has 0 radical (unpaired) electrons. The summed E-state index contributed by atoms with van der Waals surface area (Å²) in [5.41, 5.74) is 0. The first kappa shape index (κ1) is 18.2. The quantitative estimate of drug-likeness (QED) is 0.328. The molecule has 0 rings (SSSR count). The maximum Gasteiger partial charge on any atom is 0.0873 e. The molecule has 0 aromatic carbocycles. The van der Waals surface area contributed by atoms with Crippen LogP contribution >= 0.6 is 12.4 Å². The van der Waals surface area contributed by atoms with Crippen molar-refractivity contribution in [2.75, 3.05) is 6.61 Å². The summed E-state index contributed by atoms with van der Waals surface area (Å²) in [6.45, 7) is 6.64. The van der Waals surface area contributed by atoms with Gasteiger partial charge in [-0.1, -0.05) is 71.3 Å². The van der Waals surface area contributed by atoms with Gasteiger partial charge in [-0.05, 0) is 6.42 Å². The molecule has 0 heterocycles. The highest BCUT2D eigenvalue weighted by atomic mass is 35.5.